The number of hydrogen-bond donors (Lipinski definition) is 2. The second kappa shape index (κ2) is 9.47. The zero-order valence-electron chi connectivity index (χ0n) is 16.2. The number of nitrogens with zero attached hydrogens (tertiary/aromatic N) is 2. The fraction of sp³-hybridized carbons (Fsp3) is 0.190. The number of rotatable bonds is 9. The van der Waals surface area contributed by atoms with Gasteiger partial charge in [0.05, 0.1) is 24.0 Å². The normalized spacial score (nSPS) is 11.3. The van der Waals surface area contributed by atoms with Crippen LogP contribution in [0.3, 0.4) is 0 Å². The molecule has 0 bridgehead atoms. The molecule has 1 aromatic heterocycles. The molecule has 8 nitrogen and oxygen atoms in total. The minimum Gasteiger partial charge on any atom is -0.326 e. The van der Waals surface area contributed by atoms with Gasteiger partial charge in [-0.15, -0.1) is 6.58 Å². The summed E-state index contributed by atoms with van der Waals surface area (Å²) in [5.74, 6) is -0.368. The van der Waals surface area contributed by atoms with Crippen LogP contribution < -0.4 is 15.5 Å². The number of sulfonamides is 1. The fourth-order valence-corrected chi connectivity index (χ4v) is 4.02. The number of benzene rings is 2. The van der Waals surface area contributed by atoms with E-state index in [9.17, 15) is 18.0 Å². The molecule has 0 spiro atoms. The highest BCUT2D eigenvalue weighted by molar-refractivity contribution is 7.88. The topological polar surface area (TPSA) is 110 Å². The van der Waals surface area contributed by atoms with Gasteiger partial charge >= 0.3 is 0 Å². The van der Waals surface area contributed by atoms with Gasteiger partial charge in [0.1, 0.15) is 0 Å². The van der Waals surface area contributed by atoms with E-state index >= 15 is 0 Å². The van der Waals surface area contributed by atoms with E-state index in [2.05, 4.69) is 21.7 Å². The molecule has 156 valence electrons. The molecule has 0 fully saturated rings. The van der Waals surface area contributed by atoms with Crippen LogP contribution in [0.25, 0.3) is 10.9 Å². The number of carbonyl (C=O) groups excluding carboxylic acids is 1. The molecule has 0 aliphatic heterocycles. The van der Waals surface area contributed by atoms with Crippen LogP contribution in [-0.4, -0.2) is 30.7 Å². The molecule has 0 aliphatic rings. The molecule has 9 heteroatoms. The SMILES string of the molecule is C=CCNS(=O)(=O)Cc1ccc(NC(=O)CCn2ncc(=O)c3ccccc32)cc1. The summed E-state index contributed by atoms with van der Waals surface area (Å²) in [6.45, 7) is 3.97. The van der Waals surface area contributed by atoms with E-state index in [4.69, 9.17) is 0 Å². The van der Waals surface area contributed by atoms with Crippen LogP contribution in [0.4, 0.5) is 5.69 Å². The van der Waals surface area contributed by atoms with E-state index in [1.54, 1.807) is 47.1 Å². The smallest absolute Gasteiger partial charge is 0.226 e. The zero-order valence-corrected chi connectivity index (χ0v) is 17.1. The maximum absolute atomic E-state index is 12.3. The highest BCUT2D eigenvalue weighted by atomic mass is 32.2. The Bertz CT molecular complexity index is 1220. The average Bonchev–Trinajstić information content (AvgIpc) is 2.73. The number of carbonyl (C=O) groups is 1. The lowest BCUT2D eigenvalue weighted by Gasteiger charge is -2.10. The molecule has 0 saturated heterocycles. The molecular formula is C21H22N4O4S. The van der Waals surface area contributed by atoms with E-state index in [0.29, 0.717) is 28.7 Å². The summed E-state index contributed by atoms with van der Waals surface area (Å²) in [7, 11) is -3.43. The van der Waals surface area contributed by atoms with Crippen LogP contribution >= 0.6 is 0 Å². The van der Waals surface area contributed by atoms with E-state index in [-0.39, 0.29) is 30.1 Å². The number of amides is 1. The monoisotopic (exact) mass is 426 g/mol. The van der Waals surface area contributed by atoms with Gasteiger partial charge < -0.3 is 5.32 Å². The molecule has 2 N–H and O–H groups in total. The van der Waals surface area contributed by atoms with Crippen molar-refractivity contribution in [2.75, 3.05) is 11.9 Å². The van der Waals surface area contributed by atoms with Crippen molar-refractivity contribution in [1.82, 2.24) is 14.5 Å². The van der Waals surface area contributed by atoms with Crippen LogP contribution in [-0.2, 0) is 27.1 Å². The summed E-state index contributed by atoms with van der Waals surface area (Å²) in [6.07, 6.45) is 2.89. The number of anilines is 1. The summed E-state index contributed by atoms with van der Waals surface area (Å²) in [5, 5.41) is 7.44. The first-order chi connectivity index (χ1) is 14.4. The van der Waals surface area contributed by atoms with E-state index < -0.39 is 10.0 Å². The van der Waals surface area contributed by atoms with Crippen molar-refractivity contribution in [3.63, 3.8) is 0 Å². The van der Waals surface area contributed by atoms with Crippen LogP contribution in [0.5, 0.6) is 0 Å². The molecule has 0 unspecified atom stereocenters. The fourth-order valence-electron chi connectivity index (χ4n) is 2.91. The minimum absolute atomic E-state index is 0.153. The summed E-state index contributed by atoms with van der Waals surface area (Å²) >= 11 is 0. The second-order valence-electron chi connectivity index (χ2n) is 6.64. The number of para-hydroxylation sites is 1. The Kier molecular flexibility index (Phi) is 6.76. The molecule has 0 radical (unpaired) electrons. The zero-order chi connectivity index (χ0) is 21.6. The maximum atomic E-state index is 12.3. The minimum atomic E-state index is -3.43. The van der Waals surface area contributed by atoms with Crippen molar-refractivity contribution in [3.05, 3.63) is 83.2 Å². The predicted molar refractivity (Wildman–Crippen MR) is 117 cm³/mol. The van der Waals surface area contributed by atoms with Gasteiger partial charge in [-0.1, -0.05) is 30.3 Å². The van der Waals surface area contributed by atoms with Crippen molar-refractivity contribution >= 4 is 32.5 Å². The summed E-state index contributed by atoms with van der Waals surface area (Å²) in [4.78, 5) is 24.2. The lowest BCUT2D eigenvalue weighted by Crippen LogP contribution is -2.25. The summed E-state index contributed by atoms with van der Waals surface area (Å²) in [5.41, 5.74) is 1.69. The Morgan fingerprint density at radius 2 is 1.87 bits per heavy atom. The second-order valence-corrected chi connectivity index (χ2v) is 8.45. The molecule has 0 saturated carbocycles. The quantitative estimate of drug-likeness (QED) is 0.509. The Morgan fingerprint density at radius 1 is 1.13 bits per heavy atom. The Hall–Kier alpha value is -3.30. The van der Waals surface area contributed by atoms with Crippen LogP contribution in [0.15, 0.2) is 72.2 Å². The Morgan fingerprint density at radius 3 is 2.60 bits per heavy atom. The maximum Gasteiger partial charge on any atom is 0.226 e. The van der Waals surface area contributed by atoms with Gasteiger partial charge in [0.2, 0.25) is 21.4 Å². The first kappa shape index (κ1) is 21.4. The number of fused-ring (bicyclic) bond motifs is 1. The van der Waals surface area contributed by atoms with Crippen molar-refractivity contribution in [2.45, 2.75) is 18.7 Å². The molecular weight excluding hydrogens is 404 g/mol. The summed E-state index contributed by atoms with van der Waals surface area (Å²) < 4.78 is 27.8. The first-order valence-electron chi connectivity index (χ1n) is 9.30. The molecule has 30 heavy (non-hydrogen) atoms. The number of nitrogens with one attached hydrogen (secondary N) is 2. The molecule has 2 aromatic carbocycles. The molecule has 0 aliphatic carbocycles. The third-order valence-corrected chi connectivity index (χ3v) is 5.67. The van der Waals surface area contributed by atoms with Crippen molar-refractivity contribution < 1.29 is 13.2 Å². The molecule has 1 heterocycles. The Balaban J connectivity index is 1.59. The van der Waals surface area contributed by atoms with E-state index in [1.807, 2.05) is 6.07 Å². The van der Waals surface area contributed by atoms with Gasteiger partial charge in [-0.3, -0.25) is 14.3 Å². The lowest BCUT2D eigenvalue weighted by molar-refractivity contribution is -0.116. The first-order valence-corrected chi connectivity index (χ1v) is 10.9. The predicted octanol–water partition coefficient (Wildman–Crippen LogP) is 2.03. The van der Waals surface area contributed by atoms with Crippen LogP contribution in [0.1, 0.15) is 12.0 Å². The van der Waals surface area contributed by atoms with Crippen LogP contribution in [0, 0.1) is 0 Å². The van der Waals surface area contributed by atoms with Gasteiger partial charge in [-0.2, -0.15) is 5.10 Å². The van der Waals surface area contributed by atoms with Gasteiger partial charge in [0.25, 0.3) is 0 Å². The standard InChI is InChI=1S/C21H22N4O4S/c1-2-12-23-30(28,29)15-16-7-9-17(10-8-16)24-21(27)11-13-25-19-6-4-3-5-18(19)20(26)14-22-25/h2-10,14,23H,1,11-13,15H2,(H,24,27). The van der Waals surface area contributed by atoms with E-state index in [1.165, 1.54) is 12.3 Å². The van der Waals surface area contributed by atoms with E-state index in [0.717, 1.165) is 0 Å². The third kappa shape index (κ3) is 5.62. The van der Waals surface area contributed by atoms with Crippen molar-refractivity contribution in [1.29, 1.82) is 0 Å². The van der Waals surface area contributed by atoms with Gasteiger partial charge in [-0.05, 0) is 29.8 Å². The number of hydrogen-bond acceptors (Lipinski definition) is 5. The largest absolute Gasteiger partial charge is 0.326 e. The summed E-state index contributed by atoms with van der Waals surface area (Å²) in [6, 6.07) is 13.7. The number of aromatic nitrogens is 2. The number of aryl methyl sites for hydroxylation is 1. The highest BCUT2D eigenvalue weighted by Gasteiger charge is 2.11. The highest BCUT2D eigenvalue weighted by Crippen LogP contribution is 2.13. The molecule has 3 rings (SSSR count). The molecule has 3 aromatic rings. The Labute approximate surface area is 174 Å². The van der Waals surface area contributed by atoms with Gasteiger partial charge in [0.15, 0.2) is 0 Å². The van der Waals surface area contributed by atoms with Gasteiger partial charge in [-0.25, -0.2) is 13.1 Å². The van der Waals surface area contributed by atoms with Crippen LogP contribution in [0.2, 0.25) is 0 Å². The van der Waals surface area contributed by atoms with Crippen molar-refractivity contribution in [2.24, 2.45) is 0 Å². The third-order valence-electron chi connectivity index (χ3n) is 4.35. The molecule has 0 atom stereocenters. The van der Waals surface area contributed by atoms with Crippen molar-refractivity contribution in [3.8, 4) is 0 Å². The molecule has 1 amide bonds. The lowest BCUT2D eigenvalue weighted by atomic mass is 10.2. The average molecular weight is 426 g/mol. The van der Waals surface area contributed by atoms with Gasteiger partial charge in [0, 0.05) is 24.0 Å².